The molecular formula is C24H29ClN4O4. The molecule has 0 radical (unpaired) electrons. The molecule has 2 aromatic rings. The maximum atomic E-state index is 12.2. The van der Waals surface area contributed by atoms with E-state index in [1.165, 1.54) is 6.92 Å². The van der Waals surface area contributed by atoms with E-state index >= 15 is 0 Å². The van der Waals surface area contributed by atoms with Crippen LogP contribution in [0.15, 0.2) is 42.5 Å². The molecule has 2 aliphatic heterocycles. The summed E-state index contributed by atoms with van der Waals surface area (Å²) in [6, 6.07) is 13.5. The average molecular weight is 473 g/mol. The molecule has 0 unspecified atom stereocenters. The Balaban J connectivity index is 0.00000306. The number of nitrogens with zero attached hydrogens (tertiary/aromatic N) is 2. The van der Waals surface area contributed by atoms with E-state index < -0.39 is 6.09 Å². The number of carboxylic acid groups (broad SMARTS) is 1. The SMILES string of the molecule is CC(=O)N1c2ccc(-c3ccc(CN4CCNC(=O)C4)cc3)cc2[C@H](NC(=O)O)C[C@@H]1C.Cl. The van der Waals surface area contributed by atoms with Gasteiger partial charge in [-0.2, -0.15) is 0 Å². The Hall–Kier alpha value is -3.10. The van der Waals surface area contributed by atoms with Gasteiger partial charge in [0.1, 0.15) is 0 Å². The van der Waals surface area contributed by atoms with Crippen molar-refractivity contribution >= 4 is 36.0 Å². The van der Waals surface area contributed by atoms with Crippen LogP contribution in [0.2, 0.25) is 0 Å². The zero-order chi connectivity index (χ0) is 22.8. The lowest BCUT2D eigenvalue weighted by Crippen LogP contribution is -2.47. The number of fused-ring (bicyclic) bond motifs is 1. The van der Waals surface area contributed by atoms with Crippen LogP contribution in [0, 0.1) is 0 Å². The average Bonchev–Trinajstić information content (AvgIpc) is 2.73. The van der Waals surface area contributed by atoms with Crippen molar-refractivity contribution in [1.82, 2.24) is 15.5 Å². The second-order valence-corrected chi connectivity index (χ2v) is 8.51. The summed E-state index contributed by atoms with van der Waals surface area (Å²) in [7, 11) is 0. The fraction of sp³-hybridized carbons (Fsp3) is 0.375. The van der Waals surface area contributed by atoms with Crippen LogP contribution in [-0.4, -0.2) is 53.6 Å². The predicted octanol–water partition coefficient (Wildman–Crippen LogP) is 3.16. The van der Waals surface area contributed by atoms with Crippen LogP contribution < -0.4 is 15.5 Å². The minimum absolute atomic E-state index is 0. The maximum absolute atomic E-state index is 12.2. The molecule has 8 nitrogen and oxygen atoms in total. The summed E-state index contributed by atoms with van der Waals surface area (Å²) in [5, 5.41) is 14.7. The van der Waals surface area contributed by atoms with Crippen LogP contribution in [-0.2, 0) is 16.1 Å². The molecule has 0 saturated carbocycles. The summed E-state index contributed by atoms with van der Waals surface area (Å²) in [6.07, 6.45) is -0.560. The van der Waals surface area contributed by atoms with Gasteiger partial charge in [-0.1, -0.05) is 30.3 Å². The van der Waals surface area contributed by atoms with Crippen LogP contribution in [0.25, 0.3) is 11.1 Å². The Morgan fingerprint density at radius 1 is 1.15 bits per heavy atom. The van der Waals surface area contributed by atoms with Gasteiger partial charge in [0.15, 0.2) is 0 Å². The highest BCUT2D eigenvalue weighted by molar-refractivity contribution is 5.94. The molecule has 2 heterocycles. The first-order valence-corrected chi connectivity index (χ1v) is 10.8. The number of piperazine rings is 1. The second kappa shape index (κ2) is 10.2. The molecule has 33 heavy (non-hydrogen) atoms. The number of carbonyl (C=O) groups is 3. The molecule has 2 aliphatic rings. The molecule has 4 rings (SSSR count). The number of rotatable bonds is 4. The minimum Gasteiger partial charge on any atom is -0.465 e. The molecule has 9 heteroatoms. The van der Waals surface area contributed by atoms with Gasteiger partial charge >= 0.3 is 6.09 Å². The van der Waals surface area contributed by atoms with Crippen LogP contribution in [0.1, 0.15) is 37.4 Å². The Morgan fingerprint density at radius 3 is 2.48 bits per heavy atom. The Bertz CT molecular complexity index is 1040. The van der Waals surface area contributed by atoms with Crippen LogP contribution in [0.4, 0.5) is 10.5 Å². The number of benzene rings is 2. The van der Waals surface area contributed by atoms with Gasteiger partial charge in [0.2, 0.25) is 11.8 Å². The first-order chi connectivity index (χ1) is 15.3. The molecule has 0 aromatic heterocycles. The first-order valence-electron chi connectivity index (χ1n) is 10.8. The van der Waals surface area contributed by atoms with E-state index in [1.54, 1.807) is 4.90 Å². The van der Waals surface area contributed by atoms with Crippen molar-refractivity contribution in [3.63, 3.8) is 0 Å². The van der Waals surface area contributed by atoms with Crippen molar-refractivity contribution in [2.45, 2.75) is 38.9 Å². The van der Waals surface area contributed by atoms with E-state index in [1.807, 2.05) is 37.3 Å². The molecule has 2 atom stereocenters. The zero-order valence-corrected chi connectivity index (χ0v) is 19.5. The van der Waals surface area contributed by atoms with Crippen molar-refractivity contribution in [2.24, 2.45) is 0 Å². The topological polar surface area (TPSA) is 102 Å². The van der Waals surface area contributed by atoms with Crippen LogP contribution >= 0.6 is 12.4 Å². The molecule has 0 aliphatic carbocycles. The number of hydrogen-bond acceptors (Lipinski definition) is 4. The predicted molar refractivity (Wildman–Crippen MR) is 129 cm³/mol. The number of nitrogens with one attached hydrogen (secondary N) is 2. The van der Waals surface area contributed by atoms with E-state index in [4.69, 9.17) is 0 Å². The number of halogens is 1. The molecule has 1 fully saturated rings. The number of carbonyl (C=O) groups excluding carboxylic acids is 2. The van der Waals surface area contributed by atoms with Gasteiger partial charge < -0.3 is 20.6 Å². The van der Waals surface area contributed by atoms with Gasteiger partial charge in [0.25, 0.3) is 0 Å². The highest BCUT2D eigenvalue weighted by Gasteiger charge is 2.33. The molecular weight excluding hydrogens is 444 g/mol. The quantitative estimate of drug-likeness (QED) is 0.634. The molecule has 0 spiro atoms. The van der Waals surface area contributed by atoms with Gasteiger partial charge in [0, 0.05) is 38.3 Å². The monoisotopic (exact) mass is 472 g/mol. The van der Waals surface area contributed by atoms with E-state index in [9.17, 15) is 19.5 Å². The van der Waals surface area contributed by atoms with E-state index in [2.05, 4.69) is 27.7 Å². The molecule has 0 bridgehead atoms. The Kier molecular flexibility index (Phi) is 7.61. The summed E-state index contributed by atoms with van der Waals surface area (Å²) < 4.78 is 0. The third-order valence-electron chi connectivity index (χ3n) is 6.13. The fourth-order valence-corrected chi connectivity index (χ4v) is 4.70. The summed E-state index contributed by atoms with van der Waals surface area (Å²) in [4.78, 5) is 39.0. The third-order valence-corrected chi connectivity index (χ3v) is 6.13. The molecule has 3 N–H and O–H groups in total. The van der Waals surface area contributed by atoms with Gasteiger partial charge in [-0.05, 0) is 47.7 Å². The molecule has 3 amide bonds. The second-order valence-electron chi connectivity index (χ2n) is 8.51. The molecule has 176 valence electrons. The van der Waals surface area contributed by atoms with Crippen molar-refractivity contribution < 1.29 is 19.5 Å². The van der Waals surface area contributed by atoms with E-state index in [-0.39, 0.29) is 36.3 Å². The molecule has 2 aromatic carbocycles. The smallest absolute Gasteiger partial charge is 0.405 e. The van der Waals surface area contributed by atoms with Crippen molar-refractivity contribution in [3.05, 3.63) is 53.6 Å². The number of amides is 3. The van der Waals surface area contributed by atoms with Crippen LogP contribution in [0.3, 0.4) is 0 Å². The van der Waals surface area contributed by atoms with Crippen LogP contribution in [0.5, 0.6) is 0 Å². The Morgan fingerprint density at radius 2 is 1.85 bits per heavy atom. The highest BCUT2D eigenvalue weighted by atomic mass is 35.5. The van der Waals surface area contributed by atoms with E-state index in [0.717, 1.165) is 34.5 Å². The maximum Gasteiger partial charge on any atom is 0.405 e. The lowest BCUT2D eigenvalue weighted by molar-refractivity contribution is -0.124. The highest BCUT2D eigenvalue weighted by Crippen LogP contribution is 2.39. The van der Waals surface area contributed by atoms with Gasteiger partial charge in [-0.15, -0.1) is 12.4 Å². The lowest BCUT2D eigenvalue weighted by Gasteiger charge is -2.39. The third kappa shape index (κ3) is 5.46. The number of anilines is 1. The minimum atomic E-state index is -1.08. The van der Waals surface area contributed by atoms with Crippen molar-refractivity contribution in [1.29, 1.82) is 0 Å². The Labute approximate surface area is 199 Å². The first kappa shape index (κ1) is 24.5. The normalized spacial score (nSPS) is 20.3. The molecule has 1 saturated heterocycles. The fourth-order valence-electron chi connectivity index (χ4n) is 4.70. The van der Waals surface area contributed by atoms with Gasteiger partial charge in [0.05, 0.1) is 12.6 Å². The number of hydrogen-bond donors (Lipinski definition) is 3. The van der Waals surface area contributed by atoms with E-state index in [0.29, 0.717) is 26.1 Å². The summed E-state index contributed by atoms with van der Waals surface area (Å²) >= 11 is 0. The zero-order valence-electron chi connectivity index (χ0n) is 18.7. The van der Waals surface area contributed by atoms with Crippen molar-refractivity contribution in [3.8, 4) is 11.1 Å². The summed E-state index contributed by atoms with van der Waals surface area (Å²) in [5.41, 5.74) is 4.65. The van der Waals surface area contributed by atoms with Gasteiger partial charge in [-0.25, -0.2) is 4.79 Å². The van der Waals surface area contributed by atoms with Gasteiger partial charge in [-0.3, -0.25) is 14.5 Å². The van der Waals surface area contributed by atoms with Crippen molar-refractivity contribution in [2.75, 3.05) is 24.5 Å². The largest absolute Gasteiger partial charge is 0.465 e. The lowest BCUT2D eigenvalue weighted by atomic mass is 9.89. The summed E-state index contributed by atoms with van der Waals surface area (Å²) in [5.74, 6) is -0.00333. The standard InChI is InChI=1S/C24H28N4O4.ClH/c1-15-11-21(26-24(31)32)20-12-19(7-8-22(20)28(15)16(2)29)18-5-3-17(4-6-18)13-27-10-9-25-23(30)14-27;/h3-8,12,15,21,26H,9-11,13-14H2,1-2H3,(H,25,30)(H,31,32);1H/t15-,21+;/m0./s1. The summed E-state index contributed by atoms with van der Waals surface area (Å²) in [6.45, 7) is 6.10.